The first kappa shape index (κ1) is 9.08. The first-order valence-electron chi connectivity index (χ1n) is 4.07. The Bertz CT molecular complexity index is 462. The molecule has 0 aromatic carbocycles. The third-order valence-corrected chi connectivity index (χ3v) is 1.85. The molecule has 72 valence electrons. The lowest BCUT2D eigenvalue weighted by Gasteiger charge is -2.02. The first-order valence-corrected chi connectivity index (χ1v) is 4.45. The molecule has 0 unspecified atom stereocenters. The van der Waals surface area contributed by atoms with E-state index in [2.05, 4.69) is 19.9 Å². The minimum Gasteiger partial charge on any atom is -0.477 e. The van der Waals surface area contributed by atoms with Crippen molar-refractivity contribution >= 4 is 22.8 Å². The molecule has 0 aliphatic carbocycles. The molecular weight excluding hydrogens is 204 g/mol. The van der Waals surface area contributed by atoms with E-state index in [4.69, 9.17) is 16.3 Å². The molecule has 2 aromatic rings. The fraction of sp³-hybridized carbons (Fsp3) is 0.250. The maximum absolute atomic E-state index is 5.82. The lowest BCUT2D eigenvalue weighted by atomic mass is 10.5. The number of rotatable bonds is 2. The highest BCUT2D eigenvalue weighted by atomic mass is 35.5. The van der Waals surface area contributed by atoms with Crippen LogP contribution in [0.15, 0.2) is 12.5 Å². The second-order valence-corrected chi connectivity index (χ2v) is 2.84. The summed E-state index contributed by atoms with van der Waals surface area (Å²) in [5.74, 6) is 0.428. The molecule has 5 nitrogen and oxygen atoms in total. The van der Waals surface area contributed by atoms with Crippen LogP contribution >= 0.6 is 11.6 Å². The maximum Gasteiger partial charge on any atom is 0.233 e. The van der Waals surface area contributed by atoms with Gasteiger partial charge in [-0.25, -0.2) is 19.9 Å². The number of aromatic nitrogens is 4. The zero-order valence-corrected chi connectivity index (χ0v) is 8.19. The van der Waals surface area contributed by atoms with Crippen LogP contribution in [0, 0.1) is 0 Å². The van der Waals surface area contributed by atoms with Gasteiger partial charge in [0.15, 0.2) is 10.8 Å². The van der Waals surface area contributed by atoms with Crippen molar-refractivity contribution in [3.05, 3.63) is 17.7 Å². The first-order chi connectivity index (χ1) is 6.81. The molecule has 0 fully saturated rings. The Morgan fingerprint density at radius 1 is 1.36 bits per heavy atom. The lowest BCUT2D eigenvalue weighted by Crippen LogP contribution is -1.97. The van der Waals surface area contributed by atoms with Crippen molar-refractivity contribution in [2.75, 3.05) is 6.61 Å². The van der Waals surface area contributed by atoms with Crippen molar-refractivity contribution < 1.29 is 4.74 Å². The van der Waals surface area contributed by atoms with E-state index in [0.29, 0.717) is 23.7 Å². The van der Waals surface area contributed by atoms with Crippen molar-refractivity contribution in [3.8, 4) is 5.88 Å². The van der Waals surface area contributed by atoms with E-state index in [9.17, 15) is 0 Å². The molecule has 2 heterocycles. The summed E-state index contributed by atoms with van der Waals surface area (Å²) in [4.78, 5) is 15.9. The van der Waals surface area contributed by atoms with Gasteiger partial charge in [0.2, 0.25) is 5.88 Å². The largest absolute Gasteiger partial charge is 0.477 e. The number of ether oxygens (including phenoxy) is 1. The SMILES string of the molecule is CCOc1cnc2ncnc(Cl)c2n1. The second-order valence-electron chi connectivity index (χ2n) is 2.48. The minimum absolute atomic E-state index is 0.282. The molecule has 2 aromatic heterocycles. The molecule has 0 aliphatic heterocycles. The van der Waals surface area contributed by atoms with Gasteiger partial charge < -0.3 is 4.74 Å². The predicted molar refractivity (Wildman–Crippen MR) is 51.3 cm³/mol. The molecule has 0 saturated carbocycles. The smallest absolute Gasteiger partial charge is 0.233 e. The Kier molecular flexibility index (Phi) is 2.41. The summed E-state index contributed by atoms with van der Waals surface area (Å²) in [6.07, 6.45) is 2.86. The number of halogens is 1. The Balaban J connectivity index is 2.58. The van der Waals surface area contributed by atoms with Crippen LogP contribution in [-0.4, -0.2) is 26.5 Å². The summed E-state index contributed by atoms with van der Waals surface area (Å²) in [5.41, 5.74) is 0.925. The summed E-state index contributed by atoms with van der Waals surface area (Å²) in [5, 5.41) is 0.282. The summed E-state index contributed by atoms with van der Waals surface area (Å²) >= 11 is 5.82. The molecule has 0 amide bonds. The third-order valence-electron chi connectivity index (χ3n) is 1.57. The van der Waals surface area contributed by atoms with Crippen LogP contribution in [0.25, 0.3) is 11.2 Å². The van der Waals surface area contributed by atoms with Gasteiger partial charge in [0, 0.05) is 0 Å². The fourth-order valence-corrected chi connectivity index (χ4v) is 1.18. The van der Waals surface area contributed by atoms with Crippen LogP contribution in [-0.2, 0) is 0 Å². The van der Waals surface area contributed by atoms with Crippen LogP contribution < -0.4 is 4.74 Å². The summed E-state index contributed by atoms with van der Waals surface area (Å²) in [6, 6.07) is 0. The van der Waals surface area contributed by atoms with Crippen LogP contribution in [0.5, 0.6) is 5.88 Å². The number of nitrogens with zero attached hydrogens (tertiary/aromatic N) is 4. The van der Waals surface area contributed by atoms with Crippen LogP contribution in [0.4, 0.5) is 0 Å². The predicted octanol–water partition coefficient (Wildman–Crippen LogP) is 1.47. The summed E-state index contributed by atoms with van der Waals surface area (Å²) in [6.45, 7) is 2.40. The van der Waals surface area contributed by atoms with E-state index in [0.717, 1.165) is 0 Å². The van der Waals surface area contributed by atoms with E-state index in [1.54, 1.807) is 0 Å². The molecule has 2 rings (SSSR count). The summed E-state index contributed by atoms with van der Waals surface area (Å²) in [7, 11) is 0. The number of hydrogen-bond donors (Lipinski definition) is 0. The van der Waals surface area contributed by atoms with Gasteiger partial charge in [0.25, 0.3) is 0 Å². The standard InChI is InChI=1S/C8H7ClN4O/c1-2-14-5-3-10-8-6(13-5)7(9)11-4-12-8/h3-4H,2H2,1H3. The normalized spacial score (nSPS) is 10.4. The number of hydrogen-bond acceptors (Lipinski definition) is 5. The molecule has 0 bridgehead atoms. The molecule has 0 atom stereocenters. The highest BCUT2D eigenvalue weighted by Gasteiger charge is 2.05. The number of fused-ring (bicyclic) bond motifs is 1. The fourth-order valence-electron chi connectivity index (χ4n) is 1.01. The average molecular weight is 211 g/mol. The second kappa shape index (κ2) is 3.71. The van der Waals surface area contributed by atoms with Gasteiger partial charge in [-0.15, -0.1) is 0 Å². The van der Waals surface area contributed by atoms with Gasteiger partial charge in [-0.3, -0.25) is 0 Å². The Labute approximate surface area is 85.1 Å². The third kappa shape index (κ3) is 1.58. The monoisotopic (exact) mass is 210 g/mol. The Morgan fingerprint density at radius 3 is 3.00 bits per heavy atom. The molecule has 0 radical (unpaired) electrons. The van der Waals surface area contributed by atoms with Crippen molar-refractivity contribution in [1.29, 1.82) is 0 Å². The van der Waals surface area contributed by atoms with Crippen LogP contribution in [0.2, 0.25) is 5.15 Å². The molecule has 0 aliphatic rings. The van der Waals surface area contributed by atoms with Gasteiger partial charge in [-0.1, -0.05) is 11.6 Å². The molecule has 0 N–H and O–H groups in total. The Morgan fingerprint density at radius 2 is 2.21 bits per heavy atom. The molecule has 0 spiro atoms. The van der Waals surface area contributed by atoms with Gasteiger partial charge >= 0.3 is 0 Å². The molecule has 0 saturated heterocycles. The van der Waals surface area contributed by atoms with E-state index >= 15 is 0 Å². The minimum atomic E-state index is 0.282. The molecule has 6 heteroatoms. The lowest BCUT2D eigenvalue weighted by molar-refractivity contribution is 0.326. The van der Waals surface area contributed by atoms with Crippen molar-refractivity contribution in [2.24, 2.45) is 0 Å². The topological polar surface area (TPSA) is 60.8 Å². The highest BCUT2D eigenvalue weighted by molar-refractivity contribution is 6.33. The van der Waals surface area contributed by atoms with Crippen LogP contribution in [0.1, 0.15) is 6.92 Å². The van der Waals surface area contributed by atoms with Gasteiger partial charge in [0.1, 0.15) is 11.8 Å². The summed E-state index contributed by atoms with van der Waals surface area (Å²) < 4.78 is 5.18. The van der Waals surface area contributed by atoms with E-state index in [1.807, 2.05) is 6.92 Å². The van der Waals surface area contributed by atoms with Crippen molar-refractivity contribution in [1.82, 2.24) is 19.9 Å². The van der Waals surface area contributed by atoms with Gasteiger partial charge in [0.05, 0.1) is 12.8 Å². The van der Waals surface area contributed by atoms with E-state index < -0.39 is 0 Å². The molecule has 14 heavy (non-hydrogen) atoms. The quantitative estimate of drug-likeness (QED) is 0.703. The Hall–Kier alpha value is -1.49. The van der Waals surface area contributed by atoms with Gasteiger partial charge in [-0.2, -0.15) is 0 Å². The van der Waals surface area contributed by atoms with Gasteiger partial charge in [-0.05, 0) is 6.92 Å². The van der Waals surface area contributed by atoms with E-state index in [-0.39, 0.29) is 5.15 Å². The average Bonchev–Trinajstić information content (AvgIpc) is 2.20. The zero-order valence-electron chi connectivity index (χ0n) is 7.44. The molecular formula is C8H7ClN4O. The highest BCUT2D eigenvalue weighted by Crippen LogP contribution is 2.17. The van der Waals surface area contributed by atoms with E-state index in [1.165, 1.54) is 12.5 Å². The maximum atomic E-state index is 5.82. The van der Waals surface area contributed by atoms with Crippen molar-refractivity contribution in [3.63, 3.8) is 0 Å². The van der Waals surface area contributed by atoms with Crippen LogP contribution in [0.3, 0.4) is 0 Å². The van der Waals surface area contributed by atoms with Crippen molar-refractivity contribution in [2.45, 2.75) is 6.92 Å². The zero-order chi connectivity index (χ0) is 9.97.